The van der Waals surface area contributed by atoms with Gasteiger partial charge in [-0.1, -0.05) is 19.9 Å². The minimum atomic E-state index is -4.30. The van der Waals surface area contributed by atoms with E-state index in [4.69, 9.17) is 0 Å². The highest BCUT2D eigenvalue weighted by atomic mass is 19.4. The van der Waals surface area contributed by atoms with Gasteiger partial charge >= 0.3 is 12.1 Å². The van der Waals surface area contributed by atoms with E-state index in [1.54, 1.807) is 33.8 Å². The third-order valence-electron chi connectivity index (χ3n) is 7.34. The number of aromatic nitrogens is 2. The number of carbonyl (C=O) groups excluding carboxylic acids is 1. The maximum absolute atomic E-state index is 13.2. The number of aryl methyl sites for hydroxylation is 1. The summed E-state index contributed by atoms with van der Waals surface area (Å²) in [4.78, 5) is 25.9. The summed E-state index contributed by atoms with van der Waals surface area (Å²) >= 11 is 0. The lowest BCUT2D eigenvalue weighted by atomic mass is 9.96. The molecule has 1 aliphatic rings. The van der Waals surface area contributed by atoms with E-state index >= 15 is 0 Å². The van der Waals surface area contributed by atoms with Crippen LogP contribution in [0, 0.1) is 12.8 Å². The lowest BCUT2D eigenvalue weighted by Crippen LogP contribution is -2.42. The standard InChI is InChI=1S/C30H35F3N4O3/c1-19(2)26-13-16-37(35-26)24-10-11-25(20(3)17-24)27(12-14-30(31,32)33)34-23-8-6-21(7-9-23)28(38)36-15-4-5-22(18-36)29(39)40/h6-11,13,16-17,19,22,27,34H,4-5,12,14-15,18H2,1-3H3,(H,39,40)/t22-,27?/m1/s1. The van der Waals surface area contributed by atoms with Crippen molar-refractivity contribution in [1.82, 2.24) is 14.7 Å². The van der Waals surface area contributed by atoms with Crippen molar-refractivity contribution in [1.29, 1.82) is 0 Å². The number of amides is 1. The van der Waals surface area contributed by atoms with Crippen molar-refractivity contribution < 1.29 is 27.9 Å². The topological polar surface area (TPSA) is 87.5 Å². The smallest absolute Gasteiger partial charge is 0.389 e. The summed E-state index contributed by atoms with van der Waals surface area (Å²) in [5, 5.41) is 17.1. The molecule has 2 N–H and O–H groups in total. The molecule has 1 aliphatic heterocycles. The van der Waals surface area contributed by atoms with Crippen LogP contribution in [0.1, 0.15) is 78.7 Å². The van der Waals surface area contributed by atoms with Gasteiger partial charge < -0.3 is 15.3 Å². The van der Waals surface area contributed by atoms with Gasteiger partial charge in [0.15, 0.2) is 0 Å². The quantitative estimate of drug-likeness (QED) is 0.305. The number of anilines is 1. The van der Waals surface area contributed by atoms with Crippen LogP contribution in [-0.4, -0.2) is 50.9 Å². The summed E-state index contributed by atoms with van der Waals surface area (Å²) in [6, 6.07) is 13.5. The predicted molar refractivity (Wildman–Crippen MR) is 147 cm³/mol. The van der Waals surface area contributed by atoms with Gasteiger partial charge in [-0.05, 0) is 85.7 Å². The predicted octanol–water partition coefficient (Wildman–Crippen LogP) is 6.74. The number of hydrogen-bond acceptors (Lipinski definition) is 4. The molecule has 7 nitrogen and oxygen atoms in total. The monoisotopic (exact) mass is 556 g/mol. The van der Waals surface area contributed by atoms with Gasteiger partial charge in [-0.3, -0.25) is 9.59 Å². The van der Waals surface area contributed by atoms with Crippen molar-refractivity contribution in [3.05, 3.63) is 77.1 Å². The van der Waals surface area contributed by atoms with Crippen LogP contribution in [0.5, 0.6) is 0 Å². The highest BCUT2D eigenvalue weighted by Gasteiger charge is 2.30. The van der Waals surface area contributed by atoms with Crippen LogP contribution in [0.3, 0.4) is 0 Å². The van der Waals surface area contributed by atoms with Crippen LogP contribution < -0.4 is 5.32 Å². The molecule has 0 spiro atoms. The van der Waals surface area contributed by atoms with E-state index in [0.717, 1.165) is 22.5 Å². The maximum atomic E-state index is 13.2. The second kappa shape index (κ2) is 12.1. The third-order valence-corrected chi connectivity index (χ3v) is 7.34. The number of hydrogen-bond donors (Lipinski definition) is 2. The van der Waals surface area contributed by atoms with Gasteiger partial charge in [-0.25, -0.2) is 4.68 Å². The number of likely N-dealkylation sites (tertiary alicyclic amines) is 1. The molecule has 10 heteroatoms. The molecule has 3 aromatic rings. The SMILES string of the molecule is Cc1cc(-n2ccc(C(C)C)n2)ccc1C(CCC(F)(F)F)Nc1ccc(C(=O)N2CCC[C@@H](C(=O)O)C2)cc1. The lowest BCUT2D eigenvalue weighted by molar-refractivity contribution is -0.143. The van der Waals surface area contributed by atoms with Crippen molar-refractivity contribution in [2.24, 2.45) is 5.92 Å². The van der Waals surface area contributed by atoms with Gasteiger partial charge in [-0.2, -0.15) is 18.3 Å². The molecule has 2 atom stereocenters. The fourth-order valence-corrected chi connectivity index (χ4v) is 5.05. The summed E-state index contributed by atoms with van der Waals surface area (Å²) in [6.07, 6.45) is -2.36. The first-order valence-corrected chi connectivity index (χ1v) is 13.5. The van der Waals surface area contributed by atoms with Crippen molar-refractivity contribution >= 4 is 17.6 Å². The maximum Gasteiger partial charge on any atom is 0.389 e. The van der Waals surface area contributed by atoms with Crippen molar-refractivity contribution in [2.45, 2.75) is 64.6 Å². The Hall–Kier alpha value is -3.82. The number of carboxylic acid groups (broad SMARTS) is 1. The Labute approximate surface area is 232 Å². The first kappa shape index (κ1) is 29.2. The average Bonchev–Trinajstić information content (AvgIpc) is 3.42. The largest absolute Gasteiger partial charge is 0.481 e. The number of halogens is 3. The highest BCUT2D eigenvalue weighted by molar-refractivity contribution is 5.95. The van der Waals surface area contributed by atoms with E-state index in [1.165, 1.54) is 0 Å². The summed E-state index contributed by atoms with van der Waals surface area (Å²) in [6.45, 7) is 6.65. The molecule has 2 heterocycles. The Morgan fingerprint density at radius 1 is 1.12 bits per heavy atom. The average molecular weight is 557 g/mol. The van der Waals surface area contributed by atoms with Crippen molar-refractivity contribution in [2.75, 3.05) is 18.4 Å². The van der Waals surface area contributed by atoms with Crippen LogP contribution in [-0.2, 0) is 4.79 Å². The van der Waals surface area contributed by atoms with E-state index in [-0.39, 0.29) is 24.8 Å². The molecule has 1 amide bonds. The minimum Gasteiger partial charge on any atom is -0.481 e. The molecule has 0 saturated carbocycles. The molecule has 214 valence electrons. The van der Waals surface area contributed by atoms with Crippen molar-refractivity contribution in [3.8, 4) is 5.69 Å². The molecule has 1 fully saturated rings. The van der Waals surface area contributed by atoms with Gasteiger partial charge in [0.25, 0.3) is 5.91 Å². The molecule has 1 unspecified atom stereocenters. The van der Waals surface area contributed by atoms with E-state index in [1.807, 2.05) is 37.4 Å². The number of carboxylic acids is 1. The molecule has 1 saturated heterocycles. The number of nitrogens with one attached hydrogen (secondary N) is 1. The number of piperidine rings is 1. The summed E-state index contributed by atoms with van der Waals surface area (Å²) in [5.41, 5.74) is 4.36. The molecular formula is C30H35F3N4O3. The van der Waals surface area contributed by atoms with Crippen LogP contribution in [0.15, 0.2) is 54.7 Å². The number of alkyl halides is 3. The normalized spacial score (nSPS) is 16.7. The first-order valence-electron chi connectivity index (χ1n) is 13.5. The molecule has 4 rings (SSSR count). The van der Waals surface area contributed by atoms with Gasteiger partial charge in [0.2, 0.25) is 0 Å². The van der Waals surface area contributed by atoms with Gasteiger partial charge in [0.1, 0.15) is 0 Å². The highest BCUT2D eigenvalue weighted by Crippen LogP contribution is 2.33. The van der Waals surface area contributed by atoms with E-state index < -0.39 is 30.5 Å². The first-order chi connectivity index (χ1) is 18.9. The molecule has 0 radical (unpaired) electrons. The second-order valence-corrected chi connectivity index (χ2v) is 10.7. The number of rotatable bonds is 9. The molecular weight excluding hydrogens is 521 g/mol. The zero-order chi connectivity index (χ0) is 29.0. The fourth-order valence-electron chi connectivity index (χ4n) is 5.05. The number of benzene rings is 2. The van der Waals surface area contributed by atoms with Gasteiger partial charge in [-0.15, -0.1) is 0 Å². The Balaban J connectivity index is 1.52. The fraction of sp³-hybridized carbons (Fsp3) is 0.433. The number of aliphatic carboxylic acids is 1. The van der Waals surface area contributed by atoms with E-state index in [9.17, 15) is 27.9 Å². The summed E-state index contributed by atoms with van der Waals surface area (Å²) in [5.74, 6) is -1.46. The number of carbonyl (C=O) groups is 2. The minimum absolute atomic E-state index is 0.159. The lowest BCUT2D eigenvalue weighted by Gasteiger charge is -2.30. The van der Waals surface area contributed by atoms with E-state index in [0.29, 0.717) is 30.6 Å². The Kier molecular flexibility index (Phi) is 8.85. The van der Waals surface area contributed by atoms with Gasteiger partial charge in [0.05, 0.1) is 23.3 Å². The Morgan fingerprint density at radius 3 is 2.45 bits per heavy atom. The molecule has 0 bridgehead atoms. The summed E-state index contributed by atoms with van der Waals surface area (Å²) in [7, 11) is 0. The molecule has 1 aromatic heterocycles. The van der Waals surface area contributed by atoms with Crippen LogP contribution in [0.25, 0.3) is 5.69 Å². The Morgan fingerprint density at radius 2 is 1.85 bits per heavy atom. The Bertz CT molecular complexity index is 1330. The van der Waals surface area contributed by atoms with Crippen molar-refractivity contribution in [3.63, 3.8) is 0 Å². The zero-order valence-corrected chi connectivity index (χ0v) is 22.9. The zero-order valence-electron chi connectivity index (χ0n) is 22.9. The molecule has 0 aliphatic carbocycles. The third kappa shape index (κ3) is 7.22. The second-order valence-electron chi connectivity index (χ2n) is 10.7. The number of nitrogens with zero attached hydrogens (tertiary/aromatic N) is 3. The molecule has 2 aromatic carbocycles. The molecule has 40 heavy (non-hydrogen) atoms. The van der Waals surface area contributed by atoms with Crippen LogP contribution in [0.2, 0.25) is 0 Å². The van der Waals surface area contributed by atoms with E-state index in [2.05, 4.69) is 24.3 Å². The summed E-state index contributed by atoms with van der Waals surface area (Å²) < 4.78 is 41.4. The van der Waals surface area contributed by atoms with Gasteiger partial charge in [0, 0.05) is 37.0 Å². The van der Waals surface area contributed by atoms with Crippen LogP contribution >= 0.6 is 0 Å². The van der Waals surface area contributed by atoms with Crippen LogP contribution in [0.4, 0.5) is 18.9 Å².